The van der Waals surface area contributed by atoms with Crippen molar-refractivity contribution in [3.05, 3.63) is 27.5 Å². The Labute approximate surface area is 101 Å². The highest BCUT2D eigenvalue weighted by Crippen LogP contribution is 2.25. The molecule has 1 aromatic carbocycles. The molecule has 3 heteroatoms. The second-order valence-corrected chi connectivity index (χ2v) is 4.46. The fraction of sp³-hybridized carbons (Fsp3) is 0.462. The summed E-state index contributed by atoms with van der Waals surface area (Å²) < 4.78 is 0.722. The summed E-state index contributed by atoms with van der Waals surface area (Å²) in [5.74, 6) is 0. The summed E-state index contributed by atoms with van der Waals surface area (Å²) in [5.41, 5.74) is 6.70. The number of aromatic amines is 2. The van der Waals surface area contributed by atoms with E-state index in [4.69, 9.17) is 12.2 Å². The molecule has 0 bridgehead atoms. The van der Waals surface area contributed by atoms with Crippen LogP contribution < -0.4 is 0 Å². The van der Waals surface area contributed by atoms with E-state index in [1.54, 1.807) is 0 Å². The molecule has 1 heterocycles. The second kappa shape index (κ2) is 4.42. The van der Waals surface area contributed by atoms with Crippen LogP contribution in [0.3, 0.4) is 0 Å². The molecular weight excluding hydrogens is 216 g/mol. The van der Waals surface area contributed by atoms with Crippen LogP contribution in [0.25, 0.3) is 11.0 Å². The largest absolute Gasteiger partial charge is 0.331 e. The first kappa shape index (κ1) is 11.4. The van der Waals surface area contributed by atoms with Crippen molar-refractivity contribution in [3.63, 3.8) is 0 Å². The summed E-state index contributed by atoms with van der Waals surface area (Å²) in [5, 5.41) is 0. The molecule has 0 saturated heterocycles. The van der Waals surface area contributed by atoms with Gasteiger partial charge in [0.15, 0.2) is 4.77 Å². The molecule has 16 heavy (non-hydrogen) atoms. The molecule has 2 nitrogen and oxygen atoms in total. The van der Waals surface area contributed by atoms with Gasteiger partial charge < -0.3 is 9.97 Å². The molecule has 0 unspecified atom stereocenters. The Hall–Kier alpha value is -1.09. The van der Waals surface area contributed by atoms with E-state index in [1.165, 1.54) is 22.2 Å². The first-order valence-electron chi connectivity index (χ1n) is 5.96. The Morgan fingerprint density at radius 3 is 2.25 bits per heavy atom. The summed E-state index contributed by atoms with van der Waals surface area (Å²) in [6.07, 6.45) is 3.22. The van der Waals surface area contributed by atoms with Gasteiger partial charge in [0.2, 0.25) is 0 Å². The lowest BCUT2D eigenvalue weighted by molar-refractivity contribution is 0.990. The highest BCUT2D eigenvalue weighted by Gasteiger charge is 2.11. The maximum atomic E-state index is 5.17. The molecule has 0 fully saturated rings. The Kier molecular flexibility index (Phi) is 3.15. The van der Waals surface area contributed by atoms with Gasteiger partial charge in [-0.15, -0.1) is 0 Å². The number of nitrogens with one attached hydrogen (secondary N) is 2. The molecule has 2 rings (SSSR count). The molecule has 0 aliphatic heterocycles. The molecule has 0 aliphatic rings. The van der Waals surface area contributed by atoms with Crippen LogP contribution >= 0.6 is 12.2 Å². The average molecular weight is 234 g/mol. The second-order valence-electron chi connectivity index (χ2n) is 4.06. The fourth-order valence-electron chi connectivity index (χ4n) is 2.50. The van der Waals surface area contributed by atoms with Crippen molar-refractivity contribution in [1.29, 1.82) is 0 Å². The van der Waals surface area contributed by atoms with Gasteiger partial charge in [0.05, 0.1) is 11.0 Å². The Morgan fingerprint density at radius 1 is 1.00 bits per heavy atom. The monoisotopic (exact) mass is 234 g/mol. The number of fused-ring (bicyclic) bond motifs is 1. The van der Waals surface area contributed by atoms with E-state index in [0.29, 0.717) is 0 Å². The van der Waals surface area contributed by atoms with Crippen LogP contribution in [0.2, 0.25) is 0 Å². The maximum Gasteiger partial charge on any atom is 0.175 e. The minimum Gasteiger partial charge on any atom is -0.331 e. The van der Waals surface area contributed by atoms with Crippen LogP contribution in [-0.2, 0) is 19.3 Å². The van der Waals surface area contributed by atoms with E-state index < -0.39 is 0 Å². The molecule has 0 aliphatic carbocycles. The van der Waals surface area contributed by atoms with Crippen LogP contribution in [0.4, 0.5) is 0 Å². The van der Waals surface area contributed by atoms with Crippen molar-refractivity contribution in [2.45, 2.75) is 40.0 Å². The van der Waals surface area contributed by atoms with Crippen molar-refractivity contribution in [1.82, 2.24) is 9.97 Å². The molecule has 2 N–H and O–H groups in total. The summed E-state index contributed by atoms with van der Waals surface area (Å²) in [6.45, 7) is 6.64. The maximum absolute atomic E-state index is 5.17. The van der Waals surface area contributed by atoms with E-state index in [0.717, 1.165) is 29.6 Å². The lowest BCUT2D eigenvalue weighted by atomic mass is 9.94. The zero-order chi connectivity index (χ0) is 11.7. The molecule has 86 valence electrons. The summed E-state index contributed by atoms with van der Waals surface area (Å²) in [4.78, 5) is 6.48. The topological polar surface area (TPSA) is 31.6 Å². The quantitative estimate of drug-likeness (QED) is 0.775. The minimum atomic E-state index is 0.722. The highest BCUT2D eigenvalue weighted by molar-refractivity contribution is 7.71. The molecule has 0 atom stereocenters. The van der Waals surface area contributed by atoms with Gasteiger partial charge in [0.25, 0.3) is 0 Å². The van der Waals surface area contributed by atoms with Gasteiger partial charge in [-0.3, -0.25) is 0 Å². The van der Waals surface area contributed by atoms with Crippen molar-refractivity contribution in [2.75, 3.05) is 0 Å². The Bertz CT molecular complexity index is 563. The van der Waals surface area contributed by atoms with Crippen molar-refractivity contribution in [2.24, 2.45) is 0 Å². The smallest absolute Gasteiger partial charge is 0.175 e. The zero-order valence-corrected chi connectivity index (χ0v) is 10.9. The summed E-state index contributed by atoms with van der Waals surface area (Å²) in [7, 11) is 0. The first-order valence-corrected chi connectivity index (χ1v) is 6.37. The summed E-state index contributed by atoms with van der Waals surface area (Å²) >= 11 is 5.17. The van der Waals surface area contributed by atoms with Crippen molar-refractivity contribution in [3.8, 4) is 0 Å². The number of rotatable bonds is 3. The number of H-pyrrole nitrogens is 2. The van der Waals surface area contributed by atoms with Crippen LogP contribution in [0.1, 0.15) is 37.5 Å². The zero-order valence-electron chi connectivity index (χ0n) is 10.1. The van der Waals surface area contributed by atoms with Gasteiger partial charge in [-0.05, 0) is 54.2 Å². The number of hydrogen-bond acceptors (Lipinski definition) is 1. The molecule has 2 aromatic rings. The Balaban J connectivity index is 2.86. The van der Waals surface area contributed by atoms with E-state index >= 15 is 0 Å². The van der Waals surface area contributed by atoms with Crippen LogP contribution in [-0.4, -0.2) is 9.97 Å². The van der Waals surface area contributed by atoms with E-state index in [-0.39, 0.29) is 0 Å². The number of aryl methyl sites for hydroxylation is 2. The third kappa shape index (κ3) is 1.69. The molecule has 0 amide bonds. The van der Waals surface area contributed by atoms with Gasteiger partial charge in [-0.25, -0.2) is 0 Å². The first-order chi connectivity index (χ1) is 7.71. The van der Waals surface area contributed by atoms with Crippen LogP contribution in [0.5, 0.6) is 0 Å². The van der Waals surface area contributed by atoms with Crippen molar-refractivity contribution < 1.29 is 0 Å². The number of imidazole rings is 1. The predicted molar refractivity (Wildman–Crippen MR) is 71.6 cm³/mol. The van der Waals surface area contributed by atoms with Crippen LogP contribution in [0.15, 0.2) is 6.07 Å². The van der Waals surface area contributed by atoms with Gasteiger partial charge in [0.1, 0.15) is 0 Å². The average Bonchev–Trinajstić information content (AvgIpc) is 2.66. The number of aromatic nitrogens is 2. The van der Waals surface area contributed by atoms with Gasteiger partial charge >= 0.3 is 0 Å². The minimum absolute atomic E-state index is 0.722. The third-order valence-electron chi connectivity index (χ3n) is 3.22. The van der Waals surface area contributed by atoms with E-state index in [2.05, 4.69) is 36.8 Å². The van der Waals surface area contributed by atoms with E-state index in [1.807, 2.05) is 0 Å². The predicted octanol–water partition coefficient (Wildman–Crippen LogP) is 3.91. The number of benzene rings is 1. The lowest BCUT2D eigenvalue weighted by Gasteiger charge is -2.12. The SMILES string of the molecule is CCc1cc2[nH]c(=S)[nH]c2c(CC)c1CC. The molecular formula is C13H18N2S. The summed E-state index contributed by atoms with van der Waals surface area (Å²) in [6, 6.07) is 2.24. The van der Waals surface area contributed by atoms with Crippen LogP contribution in [0, 0.1) is 4.77 Å². The standard InChI is InChI=1S/C13H18N2S/c1-4-8-7-11-12(15-13(16)14-11)10(6-3)9(8)5-2/h7H,4-6H2,1-3H3,(H2,14,15,16). The van der Waals surface area contributed by atoms with Crippen molar-refractivity contribution >= 4 is 23.3 Å². The highest BCUT2D eigenvalue weighted by atomic mass is 32.1. The van der Waals surface area contributed by atoms with Gasteiger partial charge in [0, 0.05) is 0 Å². The number of hydrogen-bond donors (Lipinski definition) is 2. The third-order valence-corrected chi connectivity index (χ3v) is 3.42. The molecule has 1 aromatic heterocycles. The normalized spacial score (nSPS) is 11.2. The lowest BCUT2D eigenvalue weighted by Crippen LogP contribution is -1.99. The van der Waals surface area contributed by atoms with E-state index in [9.17, 15) is 0 Å². The van der Waals surface area contributed by atoms with Gasteiger partial charge in [-0.1, -0.05) is 20.8 Å². The molecule has 0 radical (unpaired) electrons. The molecule has 0 saturated carbocycles. The molecule has 0 spiro atoms. The van der Waals surface area contributed by atoms with Gasteiger partial charge in [-0.2, -0.15) is 0 Å². The Morgan fingerprint density at radius 2 is 1.69 bits per heavy atom. The fourth-order valence-corrected chi connectivity index (χ4v) is 2.71.